The Morgan fingerprint density at radius 2 is 1.95 bits per heavy atom. The monoisotopic (exact) mass is 306 g/mol. The topological polar surface area (TPSA) is 59.6 Å². The van der Waals surface area contributed by atoms with Gasteiger partial charge in [0, 0.05) is 12.8 Å². The third kappa shape index (κ3) is 4.21. The van der Waals surface area contributed by atoms with Crippen LogP contribution in [0.15, 0.2) is 24.3 Å². The molecule has 0 unspecified atom stereocenters. The van der Waals surface area contributed by atoms with E-state index in [0.717, 1.165) is 43.8 Å². The summed E-state index contributed by atoms with van der Waals surface area (Å²) in [6.45, 7) is 4.93. The number of carbonyl (C=O) groups is 1. The molecule has 1 heterocycles. The molecule has 0 saturated carbocycles. The molecule has 1 aliphatic rings. The van der Waals surface area contributed by atoms with Crippen molar-refractivity contribution in [3.63, 3.8) is 0 Å². The maximum atomic E-state index is 12.7. The van der Waals surface area contributed by atoms with Gasteiger partial charge < -0.3 is 20.1 Å². The summed E-state index contributed by atoms with van der Waals surface area (Å²) in [4.78, 5) is 12.7. The summed E-state index contributed by atoms with van der Waals surface area (Å²) in [6.07, 6.45) is 2.57. The Morgan fingerprint density at radius 1 is 1.27 bits per heavy atom. The summed E-state index contributed by atoms with van der Waals surface area (Å²) in [7, 11) is 1.65. The molecule has 0 aliphatic carbocycles. The van der Waals surface area contributed by atoms with Gasteiger partial charge in [0.2, 0.25) is 5.91 Å². The van der Waals surface area contributed by atoms with E-state index in [0.29, 0.717) is 13.2 Å². The van der Waals surface area contributed by atoms with Crippen molar-refractivity contribution >= 4 is 11.6 Å². The average molecular weight is 306 g/mol. The van der Waals surface area contributed by atoms with E-state index in [4.69, 9.17) is 9.47 Å². The smallest absolute Gasteiger partial charge is 0.233 e. The fourth-order valence-electron chi connectivity index (χ4n) is 2.74. The molecule has 0 aromatic heterocycles. The lowest BCUT2D eigenvalue weighted by Gasteiger charge is -2.35. The minimum Gasteiger partial charge on any atom is -0.494 e. The van der Waals surface area contributed by atoms with Crippen molar-refractivity contribution in [3.05, 3.63) is 24.3 Å². The third-order valence-corrected chi connectivity index (χ3v) is 4.05. The molecule has 1 amide bonds. The average Bonchev–Trinajstić information content (AvgIpc) is 2.55. The molecule has 5 nitrogen and oxygen atoms in total. The standard InChI is InChI=1S/C17H26N2O3/c1-3-12-22-15-6-4-14(5-7-15)19-16(20)17(13-21-2)8-10-18-11-9-17/h4-7,18H,3,8-13H2,1-2H3,(H,19,20). The van der Waals surface area contributed by atoms with E-state index in [-0.39, 0.29) is 5.91 Å². The zero-order chi connectivity index (χ0) is 15.8. The lowest BCUT2D eigenvalue weighted by Crippen LogP contribution is -2.47. The van der Waals surface area contributed by atoms with Crippen molar-refractivity contribution in [3.8, 4) is 5.75 Å². The third-order valence-electron chi connectivity index (χ3n) is 4.05. The molecule has 0 bridgehead atoms. The summed E-state index contributed by atoms with van der Waals surface area (Å²) in [5, 5.41) is 6.31. The maximum Gasteiger partial charge on any atom is 0.233 e. The van der Waals surface area contributed by atoms with Crippen LogP contribution in [0.4, 0.5) is 5.69 Å². The second kappa shape index (κ2) is 8.15. The molecule has 122 valence electrons. The molecule has 1 aliphatic heterocycles. The number of hydrogen-bond acceptors (Lipinski definition) is 4. The zero-order valence-electron chi connectivity index (χ0n) is 13.5. The van der Waals surface area contributed by atoms with Gasteiger partial charge in [0.15, 0.2) is 0 Å². The van der Waals surface area contributed by atoms with E-state index in [1.165, 1.54) is 0 Å². The van der Waals surface area contributed by atoms with Crippen LogP contribution in [0.3, 0.4) is 0 Å². The molecule has 0 spiro atoms. The first-order chi connectivity index (χ1) is 10.7. The first kappa shape index (κ1) is 16.8. The summed E-state index contributed by atoms with van der Waals surface area (Å²) >= 11 is 0. The van der Waals surface area contributed by atoms with Gasteiger partial charge in [-0.2, -0.15) is 0 Å². The van der Waals surface area contributed by atoms with Gasteiger partial charge in [-0.1, -0.05) is 6.92 Å². The Morgan fingerprint density at radius 3 is 2.55 bits per heavy atom. The van der Waals surface area contributed by atoms with Gasteiger partial charge in [-0.25, -0.2) is 0 Å². The highest BCUT2D eigenvalue weighted by atomic mass is 16.5. The van der Waals surface area contributed by atoms with Crippen LogP contribution in [0.1, 0.15) is 26.2 Å². The first-order valence-electron chi connectivity index (χ1n) is 7.94. The van der Waals surface area contributed by atoms with Gasteiger partial charge in [-0.3, -0.25) is 4.79 Å². The molecule has 0 atom stereocenters. The van der Waals surface area contributed by atoms with Gasteiger partial charge >= 0.3 is 0 Å². The highest BCUT2D eigenvalue weighted by Crippen LogP contribution is 2.31. The van der Waals surface area contributed by atoms with E-state index in [1.54, 1.807) is 7.11 Å². The first-order valence-corrected chi connectivity index (χ1v) is 7.94. The predicted molar refractivity (Wildman–Crippen MR) is 87.3 cm³/mol. The number of piperidine rings is 1. The molecule has 1 fully saturated rings. The SMILES string of the molecule is CCCOc1ccc(NC(=O)C2(COC)CCNCC2)cc1. The minimum atomic E-state index is -0.433. The normalized spacial score (nSPS) is 17.0. The maximum absolute atomic E-state index is 12.7. The highest BCUT2D eigenvalue weighted by molar-refractivity contribution is 5.95. The predicted octanol–water partition coefficient (Wildman–Crippen LogP) is 2.43. The lowest BCUT2D eigenvalue weighted by molar-refractivity contribution is -0.130. The molecular formula is C17H26N2O3. The number of nitrogens with one attached hydrogen (secondary N) is 2. The van der Waals surface area contributed by atoms with Crippen LogP contribution in [-0.2, 0) is 9.53 Å². The Labute approximate surface area is 132 Å². The second-order valence-electron chi connectivity index (χ2n) is 5.79. The highest BCUT2D eigenvalue weighted by Gasteiger charge is 2.39. The quantitative estimate of drug-likeness (QED) is 0.812. The van der Waals surface area contributed by atoms with E-state index in [1.807, 2.05) is 24.3 Å². The van der Waals surface area contributed by atoms with Crippen molar-refractivity contribution in [2.75, 3.05) is 38.7 Å². The van der Waals surface area contributed by atoms with E-state index < -0.39 is 5.41 Å². The Kier molecular flexibility index (Phi) is 6.21. The minimum absolute atomic E-state index is 0.0399. The van der Waals surface area contributed by atoms with Crippen molar-refractivity contribution in [1.82, 2.24) is 5.32 Å². The van der Waals surface area contributed by atoms with Crippen LogP contribution < -0.4 is 15.4 Å². The Bertz CT molecular complexity index is 462. The van der Waals surface area contributed by atoms with Gasteiger partial charge in [0.05, 0.1) is 18.6 Å². The largest absolute Gasteiger partial charge is 0.494 e. The zero-order valence-corrected chi connectivity index (χ0v) is 13.5. The van der Waals surface area contributed by atoms with Gasteiger partial charge in [0.25, 0.3) is 0 Å². The van der Waals surface area contributed by atoms with Crippen LogP contribution in [0.2, 0.25) is 0 Å². The van der Waals surface area contributed by atoms with E-state index in [9.17, 15) is 4.79 Å². The molecule has 1 aromatic rings. The molecule has 2 rings (SSSR count). The number of methoxy groups -OCH3 is 1. The Balaban J connectivity index is 2.00. The number of anilines is 1. The summed E-state index contributed by atoms with van der Waals surface area (Å²) in [6, 6.07) is 7.53. The van der Waals surface area contributed by atoms with Crippen LogP contribution >= 0.6 is 0 Å². The van der Waals surface area contributed by atoms with Crippen LogP contribution in [0.25, 0.3) is 0 Å². The van der Waals surface area contributed by atoms with Crippen molar-refractivity contribution < 1.29 is 14.3 Å². The van der Waals surface area contributed by atoms with Crippen molar-refractivity contribution in [1.29, 1.82) is 0 Å². The summed E-state index contributed by atoms with van der Waals surface area (Å²) in [5.41, 5.74) is 0.361. The summed E-state index contributed by atoms with van der Waals surface area (Å²) < 4.78 is 10.8. The number of benzene rings is 1. The van der Waals surface area contributed by atoms with Crippen LogP contribution in [0, 0.1) is 5.41 Å². The molecule has 0 radical (unpaired) electrons. The van der Waals surface area contributed by atoms with Gasteiger partial charge in [0.1, 0.15) is 5.75 Å². The fourth-order valence-corrected chi connectivity index (χ4v) is 2.74. The fraction of sp³-hybridized carbons (Fsp3) is 0.588. The second-order valence-corrected chi connectivity index (χ2v) is 5.79. The molecule has 1 aromatic carbocycles. The van der Waals surface area contributed by atoms with Gasteiger partial charge in [-0.05, 0) is 56.6 Å². The summed E-state index contributed by atoms with van der Waals surface area (Å²) in [5.74, 6) is 0.867. The Hall–Kier alpha value is -1.59. The molecule has 1 saturated heterocycles. The number of hydrogen-bond donors (Lipinski definition) is 2. The van der Waals surface area contributed by atoms with E-state index in [2.05, 4.69) is 17.6 Å². The molecule has 5 heteroatoms. The molecular weight excluding hydrogens is 280 g/mol. The van der Waals surface area contributed by atoms with Crippen LogP contribution in [0.5, 0.6) is 5.75 Å². The number of rotatable bonds is 7. The van der Waals surface area contributed by atoms with E-state index >= 15 is 0 Å². The molecule has 2 N–H and O–H groups in total. The van der Waals surface area contributed by atoms with Crippen molar-refractivity contribution in [2.24, 2.45) is 5.41 Å². The molecule has 22 heavy (non-hydrogen) atoms. The number of ether oxygens (including phenoxy) is 2. The van der Waals surface area contributed by atoms with Crippen LogP contribution in [-0.4, -0.2) is 39.3 Å². The van der Waals surface area contributed by atoms with Crippen molar-refractivity contribution in [2.45, 2.75) is 26.2 Å². The number of carbonyl (C=O) groups excluding carboxylic acids is 1. The lowest BCUT2D eigenvalue weighted by atomic mass is 9.78. The van der Waals surface area contributed by atoms with Gasteiger partial charge in [-0.15, -0.1) is 0 Å². The number of amides is 1.